The Morgan fingerprint density at radius 1 is 1.24 bits per heavy atom. The van der Waals surface area contributed by atoms with Gasteiger partial charge in [-0.05, 0) is 19.1 Å². The Balaban J connectivity index is 1.51. The molecule has 2 aromatic heterocycles. The van der Waals surface area contributed by atoms with Gasteiger partial charge in [0.05, 0.1) is 11.7 Å². The molecule has 2 aromatic rings. The van der Waals surface area contributed by atoms with Crippen molar-refractivity contribution in [2.75, 3.05) is 33.2 Å². The summed E-state index contributed by atoms with van der Waals surface area (Å²) in [6, 6.07) is 5.17. The number of rotatable bonds is 4. The molecule has 0 aromatic carbocycles. The second-order valence-electron chi connectivity index (χ2n) is 6.25. The molecule has 0 unspecified atom stereocenters. The summed E-state index contributed by atoms with van der Waals surface area (Å²) in [5, 5.41) is 4.73. The Labute approximate surface area is 146 Å². The zero-order chi connectivity index (χ0) is 17.8. The molecule has 0 saturated carbocycles. The number of amides is 3. The first-order valence-corrected chi connectivity index (χ1v) is 8.48. The third-order valence-corrected chi connectivity index (χ3v) is 4.60. The highest BCUT2D eigenvalue weighted by molar-refractivity contribution is 5.96. The number of carbonyl (C=O) groups excluding carboxylic acids is 2. The van der Waals surface area contributed by atoms with Crippen LogP contribution >= 0.6 is 0 Å². The lowest BCUT2D eigenvalue weighted by Crippen LogP contribution is -2.55. The summed E-state index contributed by atoms with van der Waals surface area (Å²) in [5.41, 5.74) is 2.00. The first kappa shape index (κ1) is 17.4. The second-order valence-corrected chi connectivity index (χ2v) is 6.25. The number of aromatic nitrogens is 2. The van der Waals surface area contributed by atoms with E-state index in [9.17, 15) is 9.59 Å². The average molecular weight is 344 g/mol. The fourth-order valence-electron chi connectivity index (χ4n) is 3.05. The van der Waals surface area contributed by atoms with Crippen molar-refractivity contribution in [3.63, 3.8) is 0 Å². The molecule has 0 radical (unpaired) electrons. The molecule has 1 aliphatic heterocycles. The van der Waals surface area contributed by atoms with E-state index >= 15 is 0 Å². The van der Waals surface area contributed by atoms with Crippen LogP contribution in [0.3, 0.4) is 0 Å². The molecule has 1 aliphatic rings. The lowest BCUT2D eigenvalue weighted by atomic mass is 10.2. The Morgan fingerprint density at radius 2 is 2.00 bits per heavy atom. The van der Waals surface area contributed by atoms with Gasteiger partial charge >= 0.3 is 6.03 Å². The summed E-state index contributed by atoms with van der Waals surface area (Å²) in [5.74, 6) is -0.270. The molecule has 1 saturated heterocycles. The van der Waals surface area contributed by atoms with Crippen LogP contribution in [-0.4, -0.2) is 70.4 Å². The quantitative estimate of drug-likeness (QED) is 0.833. The van der Waals surface area contributed by atoms with Gasteiger partial charge in [0, 0.05) is 52.2 Å². The third kappa shape index (κ3) is 4.15. The molecule has 0 spiro atoms. The van der Waals surface area contributed by atoms with Crippen LogP contribution in [0.25, 0.3) is 5.65 Å². The predicted octanol–water partition coefficient (Wildman–Crippen LogP) is 0.296. The third-order valence-electron chi connectivity index (χ3n) is 4.60. The summed E-state index contributed by atoms with van der Waals surface area (Å²) in [6.07, 6.45) is 4.05. The number of imidazole rings is 1. The minimum atomic E-state index is -0.470. The van der Waals surface area contributed by atoms with Crippen LogP contribution in [0.4, 0.5) is 4.79 Å². The van der Waals surface area contributed by atoms with E-state index in [1.54, 1.807) is 0 Å². The molecule has 25 heavy (non-hydrogen) atoms. The van der Waals surface area contributed by atoms with Gasteiger partial charge in [-0.2, -0.15) is 0 Å². The minimum absolute atomic E-state index is 0.270. The molecule has 0 aliphatic carbocycles. The average Bonchev–Trinajstić information content (AvgIpc) is 3.03. The maximum absolute atomic E-state index is 12.0. The highest BCUT2D eigenvalue weighted by Crippen LogP contribution is 2.11. The topological polar surface area (TPSA) is 82.0 Å². The molecule has 2 N–H and O–H groups in total. The number of hydrogen-bond acceptors (Lipinski definition) is 5. The zero-order valence-corrected chi connectivity index (χ0v) is 14.6. The molecule has 3 heterocycles. The lowest BCUT2D eigenvalue weighted by Gasteiger charge is -2.37. The van der Waals surface area contributed by atoms with Crippen molar-refractivity contribution >= 4 is 17.6 Å². The van der Waals surface area contributed by atoms with Gasteiger partial charge in [0.2, 0.25) is 5.91 Å². The summed E-state index contributed by atoms with van der Waals surface area (Å²) in [4.78, 5) is 32.4. The monoisotopic (exact) mass is 344 g/mol. The largest absolute Gasteiger partial charge is 0.341 e. The number of imide groups is 1. The van der Waals surface area contributed by atoms with E-state index in [0.29, 0.717) is 0 Å². The van der Waals surface area contributed by atoms with Crippen molar-refractivity contribution in [1.29, 1.82) is 0 Å². The SMILES string of the molecule is CNC(=O)NC(=O)[C@H](C)N1CCN(Cc2cn3ccccc3n2)CC1. The van der Waals surface area contributed by atoms with Crippen LogP contribution < -0.4 is 10.6 Å². The van der Waals surface area contributed by atoms with Crippen molar-refractivity contribution in [2.45, 2.75) is 19.5 Å². The van der Waals surface area contributed by atoms with Gasteiger partial charge in [-0.1, -0.05) is 6.07 Å². The number of hydrogen-bond donors (Lipinski definition) is 2. The molecule has 134 valence electrons. The van der Waals surface area contributed by atoms with Crippen LogP contribution in [0.15, 0.2) is 30.6 Å². The van der Waals surface area contributed by atoms with E-state index in [1.807, 2.05) is 35.7 Å². The van der Waals surface area contributed by atoms with Gasteiger partial charge in [0.1, 0.15) is 5.65 Å². The van der Waals surface area contributed by atoms with Crippen molar-refractivity contribution in [2.24, 2.45) is 0 Å². The summed E-state index contributed by atoms with van der Waals surface area (Å²) < 4.78 is 2.02. The maximum Gasteiger partial charge on any atom is 0.321 e. The second kappa shape index (κ2) is 7.62. The van der Waals surface area contributed by atoms with Crippen LogP contribution in [-0.2, 0) is 11.3 Å². The molecule has 8 heteroatoms. The summed E-state index contributed by atoms with van der Waals surface area (Å²) in [6.45, 7) is 5.94. The van der Waals surface area contributed by atoms with Crippen molar-refractivity contribution in [3.8, 4) is 0 Å². The van der Waals surface area contributed by atoms with Crippen LogP contribution in [0.5, 0.6) is 0 Å². The van der Waals surface area contributed by atoms with E-state index < -0.39 is 6.03 Å². The van der Waals surface area contributed by atoms with E-state index in [4.69, 9.17) is 0 Å². The fraction of sp³-hybridized carbons (Fsp3) is 0.471. The van der Waals surface area contributed by atoms with Crippen LogP contribution in [0, 0.1) is 0 Å². The molecule has 3 rings (SSSR count). The number of carbonyl (C=O) groups is 2. The number of urea groups is 1. The molecule has 1 fully saturated rings. The van der Waals surface area contributed by atoms with Crippen LogP contribution in [0.1, 0.15) is 12.6 Å². The number of nitrogens with zero attached hydrogens (tertiary/aromatic N) is 4. The lowest BCUT2D eigenvalue weighted by molar-refractivity contribution is -0.125. The van der Waals surface area contributed by atoms with E-state index in [2.05, 4.69) is 31.6 Å². The van der Waals surface area contributed by atoms with Crippen LogP contribution in [0.2, 0.25) is 0 Å². The Kier molecular flexibility index (Phi) is 5.30. The molecule has 1 atom stereocenters. The predicted molar refractivity (Wildman–Crippen MR) is 94.1 cm³/mol. The van der Waals surface area contributed by atoms with Crippen molar-refractivity contribution in [1.82, 2.24) is 29.8 Å². The maximum atomic E-state index is 12.0. The number of pyridine rings is 1. The van der Waals surface area contributed by atoms with Gasteiger partial charge in [0.15, 0.2) is 0 Å². The summed E-state index contributed by atoms with van der Waals surface area (Å²) in [7, 11) is 1.49. The Morgan fingerprint density at radius 3 is 2.68 bits per heavy atom. The van der Waals surface area contributed by atoms with Gasteiger partial charge < -0.3 is 9.72 Å². The van der Waals surface area contributed by atoms with E-state index in [0.717, 1.165) is 44.1 Å². The molecular weight excluding hydrogens is 320 g/mol. The van der Waals surface area contributed by atoms with Crippen molar-refractivity contribution < 1.29 is 9.59 Å². The Hall–Kier alpha value is -2.45. The minimum Gasteiger partial charge on any atom is -0.341 e. The van der Waals surface area contributed by atoms with Gasteiger partial charge in [-0.15, -0.1) is 0 Å². The molecule has 0 bridgehead atoms. The van der Waals surface area contributed by atoms with Gasteiger partial charge in [0.25, 0.3) is 0 Å². The Bertz CT molecular complexity index is 717. The van der Waals surface area contributed by atoms with Crippen molar-refractivity contribution in [3.05, 3.63) is 36.3 Å². The zero-order valence-electron chi connectivity index (χ0n) is 14.6. The first-order valence-electron chi connectivity index (χ1n) is 8.48. The molecular formula is C17H24N6O2. The number of piperazine rings is 1. The normalized spacial score (nSPS) is 17.4. The van der Waals surface area contributed by atoms with E-state index in [-0.39, 0.29) is 11.9 Å². The smallest absolute Gasteiger partial charge is 0.321 e. The van der Waals surface area contributed by atoms with Gasteiger partial charge in [-0.25, -0.2) is 9.78 Å². The fourth-order valence-corrected chi connectivity index (χ4v) is 3.05. The van der Waals surface area contributed by atoms with E-state index in [1.165, 1.54) is 7.05 Å². The standard InChI is InChI=1S/C17H24N6O2/c1-13(16(24)20-17(25)18-2)22-9-7-21(8-10-22)11-14-12-23-6-4-3-5-15(23)19-14/h3-6,12-13H,7-11H2,1-2H3,(H2,18,20,24,25)/t13-/m0/s1. The number of nitrogens with one attached hydrogen (secondary N) is 2. The summed E-state index contributed by atoms with van der Waals surface area (Å²) >= 11 is 0. The highest BCUT2D eigenvalue weighted by Gasteiger charge is 2.26. The first-order chi connectivity index (χ1) is 12.1. The highest BCUT2D eigenvalue weighted by atomic mass is 16.2. The molecule has 3 amide bonds. The molecule has 8 nitrogen and oxygen atoms in total. The number of fused-ring (bicyclic) bond motifs is 1. The van der Waals surface area contributed by atoms with Gasteiger partial charge in [-0.3, -0.25) is 19.9 Å².